The number of amides is 1. The normalized spacial score (nSPS) is 18.6. The van der Waals surface area contributed by atoms with Crippen LogP contribution in [-0.4, -0.2) is 49.4 Å². The fourth-order valence-electron chi connectivity index (χ4n) is 2.72. The van der Waals surface area contributed by atoms with Crippen molar-refractivity contribution in [1.82, 2.24) is 9.62 Å². The summed E-state index contributed by atoms with van der Waals surface area (Å²) in [5.41, 5.74) is 0.243. The van der Waals surface area contributed by atoms with E-state index in [9.17, 15) is 18.0 Å². The molecular weight excluding hydrogens is 332 g/mol. The number of sulfonamides is 1. The van der Waals surface area contributed by atoms with Gasteiger partial charge in [0, 0.05) is 24.7 Å². The summed E-state index contributed by atoms with van der Waals surface area (Å²) in [4.78, 5) is 25.2. The van der Waals surface area contributed by atoms with Crippen molar-refractivity contribution in [3.05, 3.63) is 29.8 Å². The summed E-state index contributed by atoms with van der Waals surface area (Å²) in [6.07, 6.45) is 1.17. The number of aliphatic carboxylic acids is 1. The molecule has 1 saturated heterocycles. The highest BCUT2D eigenvalue weighted by atomic mass is 32.2. The van der Waals surface area contributed by atoms with Crippen LogP contribution < -0.4 is 4.72 Å². The van der Waals surface area contributed by atoms with Gasteiger partial charge in [0.2, 0.25) is 10.0 Å². The number of nitrogens with zero attached hydrogens (tertiary/aromatic N) is 1. The molecule has 1 aromatic rings. The van der Waals surface area contributed by atoms with Crippen molar-refractivity contribution in [2.75, 3.05) is 13.1 Å². The molecular formula is C16H22N2O5S. The number of carboxylic acids is 1. The van der Waals surface area contributed by atoms with Crippen molar-refractivity contribution < 1.29 is 23.1 Å². The van der Waals surface area contributed by atoms with Crippen LogP contribution in [-0.2, 0) is 14.8 Å². The summed E-state index contributed by atoms with van der Waals surface area (Å²) in [6, 6.07) is 5.56. The molecule has 1 aromatic carbocycles. The summed E-state index contributed by atoms with van der Waals surface area (Å²) in [7, 11) is -3.69. The van der Waals surface area contributed by atoms with Gasteiger partial charge in [-0.1, -0.05) is 6.07 Å². The van der Waals surface area contributed by atoms with E-state index in [4.69, 9.17) is 5.11 Å². The highest BCUT2D eigenvalue weighted by Crippen LogP contribution is 2.20. The Labute approximate surface area is 141 Å². The maximum Gasteiger partial charge on any atom is 0.308 e. The molecule has 2 rings (SSSR count). The second-order valence-corrected chi connectivity index (χ2v) is 7.95. The number of likely N-dealkylation sites (tertiary alicyclic amines) is 1. The summed E-state index contributed by atoms with van der Waals surface area (Å²) in [6.45, 7) is 4.05. The van der Waals surface area contributed by atoms with Crippen LogP contribution in [0.1, 0.15) is 37.0 Å². The molecule has 7 nitrogen and oxygen atoms in total. The fourth-order valence-corrected chi connectivity index (χ4v) is 4.02. The van der Waals surface area contributed by atoms with Gasteiger partial charge in [0.15, 0.2) is 0 Å². The number of hydrogen-bond donors (Lipinski definition) is 2. The third kappa shape index (κ3) is 4.33. The van der Waals surface area contributed by atoms with Crippen molar-refractivity contribution in [3.8, 4) is 0 Å². The molecule has 0 bridgehead atoms. The molecule has 1 heterocycles. The number of carboxylic acid groups (broad SMARTS) is 1. The Hall–Kier alpha value is -1.93. The standard InChI is InChI=1S/C16H22N2O5S/c1-11(2)17-24(22,23)14-7-3-5-12(9-14)15(19)18-8-4-6-13(10-18)16(20)21/h3,5,7,9,11,13,17H,4,6,8,10H2,1-2H3,(H,20,21)/t13-/m0/s1. The maximum atomic E-state index is 12.6. The lowest BCUT2D eigenvalue weighted by molar-refractivity contribution is -0.143. The lowest BCUT2D eigenvalue weighted by Gasteiger charge is -2.30. The van der Waals surface area contributed by atoms with Gasteiger partial charge < -0.3 is 10.0 Å². The Kier molecular flexibility index (Phi) is 5.61. The molecule has 0 saturated carbocycles. The molecule has 0 unspecified atom stereocenters. The molecule has 0 aliphatic carbocycles. The molecule has 0 aromatic heterocycles. The Morgan fingerprint density at radius 1 is 1.33 bits per heavy atom. The lowest BCUT2D eigenvalue weighted by atomic mass is 9.97. The SMILES string of the molecule is CC(C)NS(=O)(=O)c1cccc(C(=O)N2CCC[C@H](C(=O)O)C2)c1. The summed E-state index contributed by atoms with van der Waals surface area (Å²) in [5.74, 6) is -1.83. The largest absolute Gasteiger partial charge is 0.481 e. The van der Waals surface area contributed by atoms with E-state index in [1.165, 1.54) is 23.1 Å². The van der Waals surface area contributed by atoms with Gasteiger partial charge in [-0.15, -0.1) is 0 Å². The molecule has 0 radical (unpaired) electrons. The minimum atomic E-state index is -3.69. The maximum absolute atomic E-state index is 12.6. The van der Waals surface area contributed by atoms with Gasteiger partial charge in [-0.05, 0) is 44.9 Å². The van der Waals surface area contributed by atoms with E-state index in [1.807, 2.05) is 0 Å². The zero-order valence-electron chi connectivity index (χ0n) is 13.7. The minimum Gasteiger partial charge on any atom is -0.481 e. The van der Waals surface area contributed by atoms with Crippen molar-refractivity contribution in [2.24, 2.45) is 5.92 Å². The predicted octanol–water partition coefficient (Wildman–Crippen LogP) is 1.31. The van der Waals surface area contributed by atoms with E-state index in [0.29, 0.717) is 19.4 Å². The zero-order chi connectivity index (χ0) is 17.9. The molecule has 24 heavy (non-hydrogen) atoms. The van der Waals surface area contributed by atoms with Crippen molar-refractivity contribution in [2.45, 2.75) is 37.6 Å². The molecule has 2 N–H and O–H groups in total. The number of nitrogens with one attached hydrogen (secondary N) is 1. The Bertz CT molecular complexity index is 730. The van der Waals surface area contributed by atoms with Crippen LogP contribution in [0, 0.1) is 5.92 Å². The van der Waals surface area contributed by atoms with Crippen LogP contribution >= 0.6 is 0 Å². The first-order chi connectivity index (χ1) is 11.2. The van der Waals surface area contributed by atoms with E-state index in [1.54, 1.807) is 19.9 Å². The average Bonchev–Trinajstić information content (AvgIpc) is 2.53. The Balaban J connectivity index is 2.22. The molecule has 0 spiro atoms. The number of benzene rings is 1. The second-order valence-electron chi connectivity index (χ2n) is 6.23. The monoisotopic (exact) mass is 354 g/mol. The number of hydrogen-bond acceptors (Lipinski definition) is 4. The van der Waals surface area contributed by atoms with Gasteiger partial charge in [0.25, 0.3) is 5.91 Å². The van der Waals surface area contributed by atoms with Gasteiger partial charge in [0.05, 0.1) is 10.8 Å². The van der Waals surface area contributed by atoms with Crippen molar-refractivity contribution in [1.29, 1.82) is 0 Å². The summed E-state index contributed by atoms with van der Waals surface area (Å²) < 4.78 is 26.9. The van der Waals surface area contributed by atoms with Gasteiger partial charge in [-0.3, -0.25) is 9.59 Å². The van der Waals surface area contributed by atoms with Crippen LogP contribution in [0.2, 0.25) is 0 Å². The average molecular weight is 354 g/mol. The first-order valence-electron chi connectivity index (χ1n) is 7.85. The molecule has 1 aliphatic rings. The lowest BCUT2D eigenvalue weighted by Crippen LogP contribution is -2.42. The zero-order valence-corrected chi connectivity index (χ0v) is 14.5. The first-order valence-corrected chi connectivity index (χ1v) is 9.33. The van der Waals surface area contributed by atoms with E-state index < -0.39 is 21.9 Å². The number of rotatable bonds is 5. The van der Waals surface area contributed by atoms with E-state index in [2.05, 4.69) is 4.72 Å². The molecule has 1 amide bonds. The Morgan fingerprint density at radius 2 is 2.04 bits per heavy atom. The third-order valence-electron chi connectivity index (χ3n) is 3.84. The van der Waals surface area contributed by atoms with Crippen LogP contribution in [0.4, 0.5) is 0 Å². The fraction of sp³-hybridized carbons (Fsp3) is 0.500. The van der Waals surface area contributed by atoms with Gasteiger partial charge >= 0.3 is 5.97 Å². The second kappa shape index (κ2) is 7.31. The van der Waals surface area contributed by atoms with Crippen molar-refractivity contribution in [3.63, 3.8) is 0 Å². The molecule has 1 fully saturated rings. The smallest absolute Gasteiger partial charge is 0.308 e. The van der Waals surface area contributed by atoms with Crippen LogP contribution in [0.25, 0.3) is 0 Å². The quantitative estimate of drug-likeness (QED) is 0.830. The van der Waals surface area contributed by atoms with Crippen LogP contribution in [0.15, 0.2) is 29.2 Å². The number of carbonyl (C=O) groups is 2. The summed E-state index contributed by atoms with van der Waals surface area (Å²) in [5, 5.41) is 9.12. The predicted molar refractivity (Wildman–Crippen MR) is 88.2 cm³/mol. The summed E-state index contributed by atoms with van der Waals surface area (Å²) >= 11 is 0. The van der Waals surface area contributed by atoms with Crippen molar-refractivity contribution >= 4 is 21.9 Å². The van der Waals surface area contributed by atoms with E-state index >= 15 is 0 Å². The minimum absolute atomic E-state index is 0.0221. The first kappa shape index (κ1) is 18.4. The number of carbonyl (C=O) groups excluding carboxylic acids is 1. The Morgan fingerprint density at radius 3 is 2.67 bits per heavy atom. The molecule has 1 atom stereocenters. The van der Waals surface area contributed by atoms with Gasteiger partial charge in [-0.25, -0.2) is 13.1 Å². The topological polar surface area (TPSA) is 104 Å². The van der Waals surface area contributed by atoms with Crippen LogP contribution in [0.3, 0.4) is 0 Å². The van der Waals surface area contributed by atoms with Crippen LogP contribution in [0.5, 0.6) is 0 Å². The van der Waals surface area contributed by atoms with Gasteiger partial charge in [0.1, 0.15) is 0 Å². The number of piperidine rings is 1. The van der Waals surface area contributed by atoms with E-state index in [-0.39, 0.29) is 29.0 Å². The molecule has 1 aliphatic heterocycles. The van der Waals surface area contributed by atoms with Gasteiger partial charge in [-0.2, -0.15) is 0 Å². The van der Waals surface area contributed by atoms with E-state index in [0.717, 1.165) is 0 Å². The highest BCUT2D eigenvalue weighted by Gasteiger charge is 2.29. The molecule has 8 heteroatoms. The highest BCUT2D eigenvalue weighted by molar-refractivity contribution is 7.89. The third-order valence-corrected chi connectivity index (χ3v) is 5.50. The molecule has 132 valence electrons.